The SMILES string of the molecule is CC(CCC(C)c1ccc(-c2cnc3cc(C(=O)NO)cc(F)c3n2)cc1)c1ccc(-c2cnc3c(F)cc(C(=O)NO)cc3n2)cc1. The third-order valence-corrected chi connectivity index (χ3v) is 8.51. The smallest absolute Gasteiger partial charge is 0.274 e. The van der Waals surface area contributed by atoms with E-state index in [9.17, 15) is 18.4 Å². The van der Waals surface area contributed by atoms with Crippen LogP contribution in [0.2, 0.25) is 0 Å². The van der Waals surface area contributed by atoms with Crippen LogP contribution >= 0.6 is 0 Å². The summed E-state index contributed by atoms with van der Waals surface area (Å²) in [5.41, 5.74) is 8.26. The number of nitrogens with one attached hydrogen (secondary N) is 2. The van der Waals surface area contributed by atoms with E-state index in [4.69, 9.17) is 10.4 Å². The zero-order valence-electron chi connectivity index (χ0n) is 25.9. The van der Waals surface area contributed by atoms with E-state index in [1.165, 1.54) is 35.5 Å². The highest BCUT2D eigenvalue weighted by Crippen LogP contribution is 2.31. The molecule has 48 heavy (non-hydrogen) atoms. The monoisotopic (exact) mass is 648 g/mol. The maximum absolute atomic E-state index is 14.7. The van der Waals surface area contributed by atoms with Crippen molar-refractivity contribution in [3.63, 3.8) is 0 Å². The fourth-order valence-electron chi connectivity index (χ4n) is 5.62. The van der Waals surface area contributed by atoms with Gasteiger partial charge in [-0.25, -0.2) is 34.7 Å². The van der Waals surface area contributed by atoms with Gasteiger partial charge in [0.25, 0.3) is 11.8 Å². The van der Waals surface area contributed by atoms with Gasteiger partial charge in [0.2, 0.25) is 0 Å². The lowest BCUT2D eigenvalue weighted by molar-refractivity contribution is 0.0702. The summed E-state index contributed by atoms with van der Waals surface area (Å²) in [5.74, 6) is -2.52. The van der Waals surface area contributed by atoms with Crippen molar-refractivity contribution in [2.24, 2.45) is 0 Å². The molecule has 0 bridgehead atoms. The minimum absolute atomic E-state index is 0.0327. The molecule has 0 aliphatic heterocycles. The van der Waals surface area contributed by atoms with Crippen LogP contribution in [0.3, 0.4) is 0 Å². The van der Waals surface area contributed by atoms with Crippen LogP contribution in [0.25, 0.3) is 44.6 Å². The largest absolute Gasteiger partial charge is 0.288 e. The number of hydrogen-bond donors (Lipinski definition) is 4. The summed E-state index contributed by atoms with van der Waals surface area (Å²) in [6, 6.07) is 20.6. The van der Waals surface area contributed by atoms with Gasteiger partial charge in [0.15, 0.2) is 11.6 Å². The molecule has 0 saturated carbocycles. The van der Waals surface area contributed by atoms with Crippen LogP contribution in [0.5, 0.6) is 0 Å². The zero-order valence-corrected chi connectivity index (χ0v) is 25.9. The topological polar surface area (TPSA) is 150 Å². The Bertz CT molecular complexity index is 2160. The van der Waals surface area contributed by atoms with Gasteiger partial charge in [0.05, 0.1) is 34.8 Å². The molecule has 0 saturated heterocycles. The summed E-state index contributed by atoms with van der Waals surface area (Å²) >= 11 is 0. The van der Waals surface area contributed by atoms with Gasteiger partial charge in [-0.3, -0.25) is 25.0 Å². The minimum atomic E-state index is -0.837. The highest BCUT2D eigenvalue weighted by Gasteiger charge is 2.16. The first-order chi connectivity index (χ1) is 23.1. The van der Waals surface area contributed by atoms with Crippen molar-refractivity contribution < 1.29 is 28.8 Å². The Hall–Kier alpha value is -5.72. The number of aromatic nitrogens is 4. The Kier molecular flexibility index (Phi) is 9.10. The fraction of sp³-hybridized carbons (Fsp3) is 0.167. The van der Waals surface area contributed by atoms with E-state index in [2.05, 4.69) is 33.8 Å². The van der Waals surface area contributed by atoms with Gasteiger partial charge in [-0.1, -0.05) is 62.4 Å². The Morgan fingerprint density at radius 3 is 1.62 bits per heavy atom. The van der Waals surface area contributed by atoms with E-state index in [0.29, 0.717) is 11.4 Å². The Morgan fingerprint density at radius 1 is 0.646 bits per heavy atom. The lowest BCUT2D eigenvalue weighted by Gasteiger charge is -2.17. The molecule has 0 aliphatic carbocycles. The first kappa shape index (κ1) is 32.2. The molecular weight excluding hydrogens is 618 g/mol. The molecule has 4 N–H and O–H groups in total. The molecule has 0 aliphatic rings. The average Bonchev–Trinajstić information content (AvgIpc) is 3.12. The molecule has 6 aromatic rings. The molecule has 10 nitrogen and oxygen atoms in total. The van der Waals surface area contributed by atoms with Crippen molar-refractivity contribution in [3.05, 3.63) is 119 Å². The maximum Gasteiger partial charge on any atom is 0.274 e. The number of rotatable bonds is 9. The van der Waals surface area contributed by atoms with Crippen LogP contribution in [0, 0.1) is 11.6 Å². The Morgan fingerprint density at radius 2 is 1.10 bits per heavy atom. The third-order valence-electron chi connectivity index (χ3n) is 8.51. The standard InChI is InChI=1S/C36H30F2N6O4/c1-19(21-5-9-23(10-6-21)31-18-40-33-27(37)13-26(36(46)44-48)16-30(33)41-31)3-4-20(2)22-7-11-24(12-8-22)32-17-39-29-15-25(35(45)43-47)14-28(38)34(29)42-32/h5-20,47-48H,3-4H2,1-2H3,(H,43,45)(H,44,46). The lowest BCUT2D eigenvalue weighted by Crippen LogP contribution is -2.18. The second kappa shape index (κ2) is 13.6. The highest BCUT2D eigenvalue weighted by molar-refractivity contribution is 5.97. The van der Waals surface area contributed by atoms with Crippen LogP contribution in [0.1, 0.15) is 70.4 Å². The van der Waals surface area contributed by atoms with Gasteiger partial charge in [-0.05, 0) is 60.1 Å². The van der Waals surface area contributed by atoms with Crippen molar-refractivity contribution in [2.45, 2.75) is 38.5 Å². The molecule has 2 unspecified atom stereocenters. The molecule has 12 heteroatoms. The molecule has 2 atom stereocenters. The first-order valence-corrected chi connectivity index (χ1v) is 15.2. The van der Waals surface area contributed by atoms with E-state index in [1.807, 2.05) is 48.5 Å². The lowest BCUT2D eigenvalue weighted by atomic mass is 9.88. The maximum atomic E-state index is 14.7. The average molecular weight is 649 g/mol. The summed E-state index contributed by atoms with van der Waals surface area (Å²) in [5, 5.41) is 17.7. The van der Waals surface area contributed by atoms with Gasteiger partial charge >= 0.3 is 0 Å². The van der Waals surface area contributed by atoms with E-state index >= 15 is 0 Å². The zero-order chi connectivity index (χ0) is 33.9. The van der Waals surface area contributed by atoms with Crippen molar-refractivity contribution in [1.82, 2.24) is 30.9 Å². The van der Waals surface area contributed by atoms with E-state index < -0.39 is 23.4 Å². The quantitative estimate of drug-likeness (QED) is 0.0957. The number of hydrogen-bond acceptors (Lipinski definition) is 8. The van der Waals surface area contributed by atoms with Crippen molar-refractivity contribution >= 4 is 33.9 Å². The van der Waals surface area contributed by atoms with Crippen molar-refractivity contribution in [2.75, 3.05) is 0 Å². The summed E-state index contributed by atoms with van der Waals surface area (Å²) < 4.78 is 29.1. The summed E-state index contributed by atoms with van der Waals surface area (Å²) in [6.45, 7) is 4.35. The van der Waals surface area contributed by atoms with Crippen molar-refractivity contribution in [3.8, 4) is 22.5 Å². The fourth-order valence-corrected chi connectivity index (χ4v) is 5.62. The number of nitrogens with zero attached hydrogens (tertiary/aromatic N) is 4. The van der Waals surface area contributed by atoms with Crippen LogP contribution in [-0.4, -0.2) is 42.2 Å². The first-order valence-electron chi connectivity index (χ1n) is 15.2. The Labute approximate surface area is 273 Å². The number of benzene rings is 4. The molecule has 2 amide bonds. The van der Waals surface area contributed by atoms with Crippen LogP contribution < -0.4 is 11.0 Å². The molecule has 6 rings (SSSR count). The van der Waals surface area contributed by atoms with E-state index in [-0.39, 0.29) is 45.0 Å². The molecule has 0 radical (unpaired) electrons. The number of amides is 2. The summed E-state index contributed by atoms with van der Waals surface area (Å²) in [7, 11) is 0. The summed E-state index contributed by atoms with van der Waals surface area (Å²) in [6.07, 6.45) is 4.90. The molecule has 4 aromatic carbocycles. The van der Waals surface area contributed by atoms with Gasteiger partial charge < -0.3 is 0 Å². The van der Waals surface area contributed by atoms with Gasteiger partial charge in [0.1, 0.15) is 11.0 Å². The number of hydroxylamine groups is 2. The predicted molar refractivity (Wildman–Crippen MR) is 174 cm³/mol. The molecule has 0 spiro atoms. The summed E-state index contributed by atoms with van der Waals surface area (Å²) in [4.78, 5) is 40.8. The van der Waals surface area contributed by atoms with Gasteiger partial charge in [0, 0.05) is 22.3 Å². The number of carbonyl (C=O) groups excluding carboxylic acids is 2. The predicted octanol–water partition coefficient (Wildman–Crippen LogP) is 7.11. The van der Waals surface area contributed by atoms with Crippen LogP contribution in [0.15, 0.2) is 85.2 Å². The van der Waals surface area contributed by atoms with E-state index in [0.717, 1.165) is 47.2 Å². The minimum Gasteiger partial charge on any atom is -0.288 e. The normalized spacial score (nSPS) is 12.5. The van der Waals surface area contributed by atoms with Crippen molar-refractivity contribution in [1.29, 1.82) is 0 Å². The molecule has 2 heterocycles. The third kappa shape index (κ3) is 6.57. The van der Waals surface area contributed by atoms with Gasteiger partial charge in [-0.2, -0.15) is 0 Å². The number of fused-ring (bicyclic) bond motifs is 2. The molecular formula is C36H30F2N6O4. The Balaban J connectivity index is 1.10. The second-order valence-electron chi connectivity index (χ2n) is 11.7. The molecule has 242 valence electrons. The van der Waals surface area contributed by atoms with Crippen LogP contribution in [-0.2, 0) is 0 Å². The number of halogens is 2. The second-order valence-corrected chi connectivity index (χ2v) is 11.7. The van der Waals surface area contributed by atoms with Gasteiger partial charge in [-0.15, -0.1) is 0 Å². The highest BCUT2D eigenvalue weighted by atomic mass is 19.1. The molecule has 2 aromatic heterocycles. The molecule has 0 fully saturated rings. The van der Waals surface area contributed by atoms with Crippen LogP contribution in [0.4, 0.5) is 8.78 Å². The van der Waals surface area contributed by atoms with E-state index in [1.54, 1.807) is 0 Å². The number of carbonyl (C=O) groups is 2.